The molecule has 1 heterocycles. The van der Waals surface area contributed by atoms with Crippen LogP contribution >= 0.6 is 0 Å². The van der Waals surface area contributed by atoms with Gasteiger partial charge in [-0.25, -0.2) is 0 Å². The van der Waals surface area contributed by atoms with Crippen LogP contribution in [0.25, 0.3) is 0 Å². The van der Waals surface area contributed by atoms with Crippen molar-refractivity contribution < 1.29 is 4.79 Å². The van der Waals surface area contributed by atoms with Crippen LogP contribution in [-0.4, -0.2) is 30.4 Å². The Morgan fingerprint density at radius 1 is 1.38 bits per heavy atom. The van der Waals surface area contributed by atoms with E-state index in [4.69, 9.17) is 0 Å². The van der Waals surface area contributed by atoms with Gasteiger partial charge in [0.2, 0.25) is 5.91 Å². The Balaban J connectivity index is 1.99. The highest BCUT2D eigenvalue weighted by atomic mass is 16.2. The van der Waals surface area contributed by atoms with Crippen LogP contribution in [0.5, 0.6) is 0 Å². The maximum Gasteiger partial charge on any atom is 0.239 e. The zero-order valence-corrected chi connectivity index (χ0v) is 13.8. The number of piperidine rings is 1. The van der Waals surface area contributed by atoms with Gasteiger partial charge in [-0.3, -0.25) is 4.79 Å². The van der Waals surface area contributed by atoms with Crippen LogP contribution < -0.4 is 5.32 Å². The fourth-order valence-electron chi connectivity index (χ4n) is 3.18. The van der Waals surface area contributed by atoms with Crippen molar-refractivity contribution in [3.05, 3.63) is 34.9 Å². The maximum absolute atomic E-state index is 12.6. The summed E-state index contributed by atoms with van der Waals surface area (Å²) in [5.41, 5.74) is 3.77. The lowest BCUT2D eigenvalue weighted by Gasteiger charge is -2.32. The van der Waals surface area contributed by atoms with E-state index in [1.54, 1.807) is 0 Å². The van der Waals surface area contributed by atoms with Crippen molar-refractivity contribution in [2.24, 2.45) is 5.92 Å². The molecule has 2 rings (SSSR count). The Kier molecular flexibility index (Phi) is 5.40. The third-order valence-electron chi connectivity index (χ3n) is 4.67. The summed E-state index contributed by atoms with van der Waals surface area (Å²) in [6.07, 6.45) is 3.35. The molecule has 0 saturated carbocycles. The lowest BCUT2D eigenvalue weighted by molar-refractivity contribution is -0.133. The molecule has 116 valence electrons. The molecule has 1 aliphatic rings. The molecule has 0 aliphatic carbocycles. The Morgan fingerprint density at radius 3 is 2.81 bits per heavy atom. The van der Waals surface area contributed by atoms with Crippen molar-refractivity contribution >= 4 is 5.91 Å². The average Bonchev–Trinajstić information content (AvgIpc) is 2.49. The average molecular weight is 288 g/mol. The van der Waals surface area contributed by atoms with Crippen LogP contribution in [0.4, 0.5) is 0 Å². The summed E-state index contributed by atoms with van der Waals surface area (Å²) in [6.45, 7) is 8.10. The number of benzene rings is 1. The van der Waals surface area contributed by atoms with E-state index >= 15 is 0 Å². The number of carbonyl (C=O) groups is 1. The minimum absolute atomic E-state index is 0.000505. The smallest absolute Gasteiger partial charge is 0.239 e. The molecule has 1 N–H and O–H groups in total. The van der Waals surface area contributed by atoms with Crippen molar-refractivity contribution in [1.82, 2.24) is 10.2 Å². The summed E-state index contributed by atoms with van der Waals surface area (Å²) in [7, 11) is 1.92. The third kappa shape index (κ3) is 4.07. The van der Waals surface area contributed by atoms with Gasteiger partial charge in [0.1, 0.15) is 0 Å². The predicted octanol–water partition coefficient (Wildman–Crippen LogP) is 3.04. The van der Waals surface area contributed by atoms with Crippen LogP contribution in [-0.2, 0) is 11.3 Å². The van der Waals surface area contributed by atoms with Gasteiger partial charge in [0.15, 0.2) is 0 Å². The number of carbonyl (C=O) groups excluding carboxylic acids is 1. The summed E-state index contributed by atoms with van der Waals surface area (Å²) < 4.78 is 0. The van der Waals surface area contributed by atoms with E-state index in [-0.39, 0.29) is 11.9 Å². The minimum atomic E-state index is -0.000505. The number of amides is 1. The molecule has 21 heavy (non-hydrogen) atoms. The molecule has 0 radical (unpaired) electrons. The predicted molar refractivity (Wildman–Crippen MR) is 87.2 cm³/mol. The first-order valence-electron chi connectivity index (χ1n) is 8.05. The molecule has 3 nitrogen and oxygen atoms in total. The number of hydrogen-bond donors (Lipinski definition) is 1. The second-order valence-corrected chi connectivity index (χ2v) is 6.43. The highest BCUT2D eigenvalue weighted by Gasteiger charge is 2.28. The Bertz CT molecular complexity index is 498. The van der Waals surface area contributed by atoms with Gasteiger partial charge in [-0.1, -0.05) is 37.1 Å². The van der Waals surface area contributed by atoms with E-state index in [1.807, 2.05) is 11.9 Å². The van der Waals surface area contributed by atoms with Gasteiger partial charge in [0.25, 0.3) is 0 Å². The minimum Gasteiger partial charge on any atom is -0.340 e. The van der Waals surface area contributed by atoms with Crippen LogP contribution in [0.2, 0.25) is 0 Å². The number of nitrogens with one attached hydrogen (secondary N) is 1. The lowest BCUT2D eigenvalue weighted by atomic mass is 9.90. The van der Waals surface area contributed by atoms with E-state index in [1.165, 1.54) is 29.5 Å². The summed E-state index contributed by atoms with van der Waals surface area (Å²) in [4.78, 5) is 14.5. The van der Waals surface area contributed by atoms with E-state index in [0.717, 1.165) is 13.0 Å². The van der Waals surface area contributed by atoms with E-state index in [9.17, 15) is 4.79 Å². The summed E-state index contributed by atoms with van der Waals surface area (Å²) >= 11 is 0. The van der Waals surface area contributed by atoms with Gasteiger partial charge in [-0.15, -0.1) is 0 Å². The summed E-state index contributed by atoms with van der Waals surface area (Å²) in [5, 5.41) is 3.38. The first-order valence-corrected chi connectivity index (χ1v) is 8.05. The topological polar surface area (TPSA) is 32.3 Å². The van der Waals surface area contributed by atoms with Crippen LogP contribution in [0, 0.1) is 19.8 Å². The standard InChI is InChI=1S/C18H28N2O/c1-5-15-8-9-19-17(11-15)18(21)20(4)12-16-7-6-13(2)10-14(16)3/h6-7,10,15,17,19H,5,8-9,11-12H2,1-4H3. The van der Waals surface area contributed by atoms with Crippen molar-refractivity contribution in [2.45, 2.75) is 52.6 Å². The number of nitrogens with zero attached hydrogens (tertiary/aromatic N) is 1. The number of likely N-dealkylation sites (N-methyl/N-ethyl adjacent to an activating group) is 1. The van der Waals surface area contributed by atoms with Crippen LogP contribution in [0.1, 0.15) is 42.9 Å². The quantitative estimate of drug-likeness (QED) is 0.923. The molecule has 0 bridgehead atoms. The zero-order valence-electron chi connectivity index (χ0n) is 13.8. The SMILES string of the molecule is CCC1CCNC(C(=O)N(C)Cc2ccc(C)cc2C)C1. The highest BCUT2D eigenvalue weighted by Crippen LogP contribution is 2.21. The molecule has 1 aromatic rings. The van der Waals surface area contributed by atoms with Crippen molar-refractivity contribution in [2.75, 3.05) is 13.6 Å². The van der Waals surface area contributed by atoms with Gasteiger partial charge < -0.3 is 10.2 Å². The van der Waals surface area contributed by atoms with Gasteiger partial charge in [-0.2, -0.15) is 0 Å². The maximum atomic E-state index is 12.6. The van der Waals surface area contributed by atoms with Crippen molar-refractivity contribution in [1.29, 1.82) is 0 Å². The van der Waals surface area contributed by atoms with Crippen molar-refractivity contribution in [3.63, 3.8) is 0 Å². The molecule has 1 saturated heterocycles. The largest absolute Gasteiger partial charge is 0.340 e. The highest BCUT2D eigenvalue weighted by molar-refractivity contribution is 5.81. The fraction of sp³-hybridized carbons (Fsp3) is 0.611. The molecule has 3 heteroatoms. The molecule has 0 aromatic heterocycles. The van der Waals surface area contributed by atoms with Crippen LogP contribution in [0.15, 0.2) is 18.2 Å². The monoisotopic (exact) mass is 288 g/mol. The summed E-state index contributed by atoms with van der Waals surface area (Å²) in [6, 6.07) is 6.43. The van der Waals surface area contributed by atoms with Crippen LogP contribution in [0.3, 0.4) is 0 Å². The Morgan fingerprint density at radius 2 is 2.14 bits per heavy atom. The third-order valence-corrected chi connectivity index (χ3v) is 4.67. The number of rotatable bonds is 4. The molecular formula is C18H28N2O. The first kappa shape index (κ1) is 16.0. The molecule has 1 fully saturated rings. The Hall–Kier alpha value is -1.35. The molecule has 0 spiro atoms. The lowest BCUT2D eigenvalue weighted by Crippen LogP contribution is -2.49. The Labute approximate surface area is 128 Å². The second-order valence-electron chi connectivity index (χ2n) is 6.43. The number of aryl methyl sites for hydroxylation is 2. The van der Waals surface area contributed by atoms with Gasteiger partial charge in [0, 0.05) is 13.6 Å². The molecule has 2 unspecified atom stereocenters. The summed E-state index contributed by atoms with van der Waals surface area (Å²) in [5.74, 6) is 0.919. The number of hydrogen-bond acceptors (Lipinski definition) is 2. The van der Waals surface area contributed by atoms with E-state index in [2.05, 4.69) is 44.3 Å². The van der Waals surface area contributed by atoms with Gasteiger partial charge in [-0.05, 0) is 50.3 Å². The molecule has 1 aromatic carbocycles. The van der Waals surface area contributed by atoms with E-state index in [0.29, 0.717) is 12.5 Å². The molecule has 1 amide bonds. The second kappa shape index (κ2) is 7.08. The van der Waals surface area contributed by atoms with Gasteiger partial charge in [0.05, 0.1) is 6.04 Å². The normalized spacial score (nSPS) is 22.1. The fourth-order valence-corrected chi connectivity index (χ4v) is 3.18. The van der Waals surface area contributed by atoms with Gasteiger partial charge >= 0.3 is 0 Å². The van der Waals surface area contributed by atoms with E-state index < -0.39 is 0 Å². The van der Waals surface area contributed by atoms with Crippen molar-refractivity contribution in [3.8, 4) is 0 Å². The molecule has 1 aliphatic heterocycles. The molecule has 2 atom stereocenters. The molecular weight excluding hydrogens is 260 g/mol. The zero-order chi connectivity index (χ0) is 15.4. The first-order chi connectivity index (χ1) is 10.0.